The SMILES string of the molecule is CN(CC1(CC(=O)O)CCCCC1)C1CCC1.Cl. The number of aliphatic carboxylic acids is 1. The molecule has 0 aromatic heterocycles. The highest BCUT2D eigenvalue weighted by Crippen LogP contribution is 2.41. The molecular weight excluding hydrogens is 250 g/mol. The van der Waals surface area contributed by atoms with E-state index < -0.39 is 5.97 Å². The second-order valence-electron chi connectivity index (χ2n) is 6.13. The lowest BCUT2D eigenvalue weighted by Crippen LogP contribution is -2.45. The number of nitrogens with zero attached hydrogens (tertiary/aromatic N) is 1. The van der Waals surface area contributed by atoms with Gasteiger partial charge in [0.2, 0.25) is 0 Å². The van der Waals surface area contributed by atoms with Gasteiger partial charge in [-0.3, -0.25) is 4.79 Å². The van der Waals surface area contributed by atoms with E-state index in [2.05, 4.69) is 11.9 Å². The first kappa shape index (κ1) is 15.8. The molecule has 0 unspecified atom stereocenters. The molecule has 2 aliphatic rings. The maximum atomic E-state index is 11.1. The van der Waals surface area contributed by atoms with Crippen LogP contribution in [0.15, 0.2) is 0 Å². The van der Waals surface area contributed by atoms with Gasteiger partial charge in [0.05, 0.1) is 6.42 Å². The highest BCUT2D eigenvalue weighted by atomic mass is 35.5. The molecule has 0 atom stereocenters. The highest BCUT2D eigenvalue weighted by Gasteiger charge is 2.37. The van der Waals surface area contributed by atoms with Gasteiger partial charge in [-0.1, -0.05) is 25.7 Å². The fourth-order valence-corrected chi connectivity index (χ4v) is 3.50. The predicted molar refractivity (Wildman–Crippen MR) is 75.3 cm³/mol. The van der Waals surface area contributed by atoms with Gasteiger partial charge in [-0.05, 0) is 38.1 Å². The smallest absolute Gasteiger partial charge is 0.303 e. The van der Waals surface area contributed by atoms with Crippen molar-refractivity contribution in [2.45, 2.75) is 63.8 Å². The minimum atomic E-state index is -0.617. The minimum Gasteiger partial charge on any atom is -0.481 e. The first-order valence-corrected chi connectivity index (χ1v) is 7.03. The molecule has 0 radical (unpaired) electrons. The van der Waals surface area contributed by atoms with Crippen molar-refractivity contribution in [3.8, 4) is 0 Å². The molecule has 0 spiro atoms. The summed E-state index contributed by atoms with van der Waals surface area (Å²) in [5.74, 6) is -0.617. The lowest BCUT2D eigenvalue weighted by atomic mass is 9.71. The van der Waals surface area contributed by atoms with Crippen molar-refractivity contribution in [3.05, 3.63) is 0 Å². The molecule has 18 heavy (non-hydrogen) atoms. The van der Waals surface area contributed by atoms with Crippen molar-refractivity contribution in [2.75, 3.05) is 13.6 Å². The summed E-state index contributed by atoms with van der Waals surface area (Å²) in [4.78, 5) is 13.5. The van der Waals surface area contributed by atoms with E-state index in [1.165, 1.54) is 38.5 Å². The van der Waals surface area contributed by atoms with Gasteiger partial charge >= 0.3 is 5.97 Å². The van der Waals surface area contributed by atoms with Crippen molar-refractivity contribution >= 4 is 18.4 Å². The summed E-state index contributed by atoms with van der Waals surface area (Å²) in [6, 6.07) is 0.725. The quantitative estimate of drug-likeness (QED) is 0.837. The Hall–Kier alpha value is -0.280. The zero-order chi connectivity index (χ0) is 12.3. The summed E-state index contributed by atoms with van der Waals surface area (Å²) in [5, 5.41) is 9.14. The Morgan fingerprint density at radius 3 is 2.28 bits per heavy atom. The van der Waals surface area contributed by atoms with Gasteiger partial charge in [-0.15, -0.1) is 12.4 Å². The van der Waals surface area contributed by atoms with Crippen LogP contribution in [0.3, 0.4) is 0 Å². The number of carboxylic acids is 1. The number of hydrogen-bond donors (Lipinski definition) is 1. The maximum absolute atomic E-state index is 11.1. The first-order chi connectivity index (χ1) is 8.11. The molecule has 0 aromatic carbocycles. The summed E-state index contributed by atoms with van der Waals surface area (Å²) in [5.41, 5.74) is 0.0639. The van der Waals surface area contributed by atoms with Crippen molar-refractivity contribution in [2.24, 2.45) is 5.41 Å². The van der Waals surface area contributed by atoms with Gasteiger partial charge in [-0.25, -0.2) is 0 Å². The van der Waals surface area contributed by atoms with E-state index in [1.54, 1.807) is 0 Å². The zero-order valence-corrected chi connectivity index (χ0v) is 12.2. The third-order valence-corrected chi connectivity index (χ3v) is 4.72. The maximum Gasteiger partial charge on any atom is 0.303 e. The third-order valence-electron chi connectivity index (χ3n) is 4.72. The summed E-state index contributed by atoms with van der Waals surface area (Å²) >= 11 is 0. The molecule has 4 heteroatoms. The standard InChI is InChI=1S/C14H25NO2.ClH/c1-15(12-6-5-7-12)11-14(10-13(16)17)8-3-2-4-9-14;/h12H,2-11H2,1H3,(H,16,17);1H. The molecule has 106 valence electrons. The molecule has 2 saturated carbocycles. The third kappa shape index (κ3) is 3.86. The first-order valence-electron chi connectivity index (χ1n) is 7.03. The van der Waals surface area contributed by atoms with Crippen LogP contribution in [0, 0.1) is 5.41 Å². The molecule has 0 aromatic rings. The Labute approximate surface area is 116 Å². The predicted octanol–water partition coefficient (Wildman–Crippen LogP) is 3.32. The molecular formula is C14H26ClNO2. The zero-order valence-electron chi connectivity index (χ0n) is 11.4. The molecule has 2 aliphatic carbocycles. The fourth-order valence-electron chi connectivity index (χ4n) is 3.50. The number of hydrogen-bond acceptors (Lipinski definition) is 2. The van der Waals surface area contributed by atoms with Crippen molar-refractivity contribution in [1.29, 1.82) is 0 Å². The molecule has 2 rings (SSSR count). The Bertz CT molecular complexity index is 273. The molecule has 2 fully saturated rings. The Balaban J connectivity index is 0.00000162. The monoisotopic (exact) mass is 275 g/mol. The molecule has 0 saturated heterocycles. The number of carboxylic acid groups (broad SMARTS) is 1. The van der Waals surface area contributed by atoms with Crippen molar-refractivity contribution < 1.29 is 9.90 Å². The largest absolute Gasteiger partial charge is 0.481 e. The highest BCUT2D eigenvalue weighted by molar-refractivity contribution is 5.85. The summed E-state index contributed by atoms with van der Waals surface area (Å²) in [7, 11) is 2.18. The normalized spacial score (nSPS) is 23.2. The lowest BCUT2D eigenvalue weighted by molar-refractivity contribution is -0.141. The van der Waals surface area contributed by atoms with Crippen LogP contribution in [0.25, 0.3) is 0 Å². The summed E-state index contributed by atoms with van der Waals surface area (Å²) in [6.07, 6.45) is 10.3. The van der Waals surface area contributed by atoms with Gasteiger partial charge in [0, 0.05) is 12.6 Å². The fraction of sp³-hybridized carbons (Fsp3) is 0.929. The minimum absolute atomic E-state index is 0. The lowest BCUT2D eigenvalue weighted by Gasteiger charge is -2.44. The average molecular weight is 276 g/mol. The van der Waals surface area contributed by atoms with Gasteiger partial charge in [0.1, 0.15) is 0 Å². The Morgan fingerprint density at radius 1 is 1.22 bits per heavy atom. The molecule has 0 bridgehead atoms. The molecule has 1 N–H and O–H groups in total. The number of carbonyl (C=O) groups is 1. The number of halogens is 1. The van der Waals surface area contributed by atoms with E-state index in [-0.39, 0.29) is 17.8 Å². The Morgan fingerprint density at radius 2 is 1.83 bits per heavy atom. The second kappa shape index (κ2) is 6.76. The Kier molecular flexibility index (Phi) is 5.93. The van der Waals surface area contributed by atoms with Crippen LogP contribution in [-0.4, -0.2) is 35.6 Å². The van der Waals surface area contributed by atoms with Crippen LogP contribution in [0.4, 0.5) is 0 Å². The summed E-state index contributed by atoms with van der Waals surface area (Å²) < 4.78 is 0. The van der Waals surface area contributed by atoms with Gasteiger partial charge in [0.25, 0.3) is 0 Å². The van der Waals surface area contributed by atoms with Crippen LogP contribution in [-0.2, 0) is 4.79 Å². The van der Waals surface area contributed by atoms with E-state index >= 15 is 0 Å². The van der Waals surface area contributed by atoms with E-state index in [9.17, 15) is 4.79 Å². The van der Waals surface area contributed by atoms with Crippen LogP contribution in [0.2, 0.25) is 0 Å². The molecule has 0 amide bonds. The topological polar surface area (TPSA) is 40.5 Å². The van der Waals surface area contributed by atoms with Crippen molar-refractivity contribution in [1.82, 2.24) is 4.90 Å². The van der Waals surface area contributed by atoms with E-state index in [0.29, 0.717) is 6.42 Å². The van der Waals surface area contributed by atoms with E-state index in [4.69, 9.17) is 5.11 Å². The molecule has 0 heterocycles. The van der Waals surface area contributed by atoms with Gasteiger partial charge < -0.3 is 10.0 Å². The van der Waals surface area contributed by atoms with Crippen LogP contribution < -0.4 is 0 Å². The van der Waals surface area contributed by atoms with Crippen molar-refractivity contribution in [3.63, 3.8) is 0 Å². The van der Waals surface area contributed by atoms with Crippen LogP contribution in [0.1, 0.15) is 57.8 Å². The summed E-state index contributed by atoms with van der Waals surface area (Å²) in [6.45, 7) is 0.990. The van der Waals surface area contributed by atoms with Crippen LogP contribution in [0.5, 0.6) is 0 Å². The van der Waals surface area contributed by atoms with Gasteiger partial charge in [0.15, 0.2) is 0 Å². The van der Waals surface area contributed by atoms with Gasteiger partial charge in [-0.2, -0.15) is 0 Å². The van der Waals surface area contributed by atoms with E-state index in [0.717, 1.165) is 25.4 Å². The molecule has 3 nitrogen and oxygen atoms in total. The number of rotatable bonds is 5. The van der Waals surface area contributed by atoms with E-state index in [1.807, 2.05) is 0 Å². The molecule has 0 aliphatic heterocycles. The van der Waals surface area contributed by atoms with Crippen LogP contribution >= 0.6 is 12.4 Å². The second-order valence-corrected chi connectivity index (χ2v) is 6.13. The average Bonchev–Trinajstić information content (AvgIpc) is 2.13.